The smallest absolute Gasteiger partial charge is 0.336 e. The molecule has 1 saturated heterocycles. The highest BCUT2D eigenvalue weighted by Gasteiger charge is 2.28. The van der Waals surface area contributed by atoms with Gasteiger partial charge in [0.25, 0.3) is 5.91 Å². The van der Waals surface area contributed by atoms with Crippen LogP contribution in [0.3, 0.4) is 0 Å². The van der Waals surface area contributed by atoms with Crippen LogP contribution in [-0.4, -0.2) is 29.5 Å². The SMILES string of the molecule is Cc1cc(=O)oc2cc(OCC(=O)N3[C@@H](C)CCC[C@@H]3C)ccc12. The summed E-state index contributed by atoms with van der Waals surface area (Å²) in [5.41, 5.74) is 0.952. The molecular formula is C19H23NO4. The molecule has 0 saturated carbocycles. The van der Waals surface area contributed by atoms with E-state index in [0.29, 0.717) is 11.3 Å². The van der Waals surface area contributed by atoms with E-state index in [1.165, 1.54) is 6.07 Å². The van der Waals surface area contributed by atoms with Crippen molar-refractivity contribution in [2.75, 3.05) is 6.61 Å². The lowest BCUT2D eigenvalue weighted by Crippen LogP contribution is -2.49. The summed E-state index contributed by atoms with van der Waals surface area (Å²) in [7, 11) is 0. The maximum atomic E-state index is 12.5. The minimum Gasteiger partial charge on any atom is -0.484 e. The monoisotopic (exact) mass is 329 g/mol. The van der Waals surface area contributed by atoms with E-state index < -0.39 is 0 Å². The van der Waals surface area contributed by atoms with Crippen molar-refractivity contribution < 1.29 is 13.9 Å². The lowest BCUT2D eigenvalue weighted by molar-refractivity contribution is -0.139. The molecule has 5 nitrogen and oxygen atoms in total. The number of amides is 1. The van der Waals surface area contributed by atoms with Crippen molar-refractivity contribution in [3.63, 3.8) is 0 Å². The maximum absolute atomic E-state index is 12.5. The highest BCUT2D eigenvalue weighted by atomic mass is 16.5. The minimum absolute atomic E-state index is 0.000455. The van der Waals surface area contributed by atoms with Gasteiger partial charge in [-0.15, -0.1) is 0 Å². The number of fused-ring (bicyclic) bond motifs is 1. The van der Waals surface area contributed by atoms with Gasteiger partial charge in [-0.2, -0.15) is 0 Å². The van der Waals surface area contributed by atoms with E-state index in [2.05, 4.69) is 13.8 Å². The van der Waals surface area contributed by atoms with Gasteiger partial charge in [-0.3, -0.25) is 4.79 Å². The lowest BCUT2D eigenvalue weighted by Gasteiger charge is -2.38. The van der Waals surface area contributed by atoms with Gasteiger partial charge in [0.1, 0.15) is 11.3 Å². The van der Waals surface area contributed by atoms with Gasteiger partial charge in [0.05, 0.1) is 0 Å². The van der Waals surface area contributed by atoms with Crippen LogP contribution in [0.1, 0.15) is 38.7 Å². The van der Waals surface area contributed by atoms with Crippen LogP contribution in [0.2, 0.25) is 0 Å². The predicted molar refractivity (Wildman–Crippen MR) is 92.3 cm³/mol. The molecule has 0 aliphatic carbocycles. The number of nitrogens with zero attached hydrogens (tertiary/aromatic N) is 1. The molecule has 0 N–H and O–H groups in total. The summed E-state index contributed by atoms with van der Waals surface area (Å²) < 4.78 is 10.9. The fourth-order valence-corrected chi connectivity index (χ4v) is 3.53. The summed E-state index contributed by atoms with van der Waals surface area (Å²) in [6.45, 7) is 6.03. The fraction of sp³-hybridized carbons (Fsp3) is 0.474. The molecule has 2 heterocycles. The molecule has 1 amide bonds. The molecule has 1 aromatic heterocycles. The number of carbonyl (C=O) groups is 1. The van der Waals surface area contributed by atoms with Crippen LogP contribution >= 0.6 is 0 Å². The molecule has 0 spiro atoms. The second-order valence-electron chi connectivity index (χ2n) is 6.63. The maximum Gasteiger partial charge on any atom is 0.336 e. The summed E-state index contributed by atoms with van der Waals surface area (Å²) in [5, 5.41) is 0.867. The van der Waals surface area contributed by atoms with Gasteiger partial charge < -0.3 is 14.1 Å². The second kappa shape index (κ2) is 6.67. The fourth-order valence-electron chi connectivity index (χ4n) is 3.53. The number of rotatable bonds is 3. The van der Waals surface area contributed by atoms with Crippen LogP contribution in [0, 0.1) is 6.92 Å². The van der Waals surface area contributed by atoms with Crippen molar-refractivity contribution in [2.45, 2.75) is 52.1 Å². The third kappa shape index (κ3) is 3.30. The van der Waals surface area contributed by atoms with Crippen LogP contribution in [-0.2, 0) is 4.79 Å². The number of hydrogen-bond acceptors (Lipinski definition) is 4. The molecule has 24 heavy (non-hydrogen) atoms. The Labute approximate surface area is 141 Å². The zero-order valence-electron chi connectivity index (χ0n) is 14.4. The summed E-state index contributed by atoms with van der Waals surface area (Å²) >= 11 is 0. The van der Waals surface area contributed by atoms with E-state index in [4.69, 9.17) is 9.15 Å². The van der Waals surface area contributed by atoms with Crippen molar-refractivity contribution >= 4 is 16.9 Å². The summed E-state index contributed by atoms with van der Waals surface area (Å²) in [4.78, 5) is 25.9. The molecule has 1 aromatic carbocycles. The Morgan fingerprint density at radius 1 is 1.25 bits per heavy atom. The molecule has 2 atom stereocenters. The number of hydrogen-bond donors (Lipinski definition) is 0. The third-order valence-electron chi connectivity index (χ3n) is 4.77. The molecule has 0 bridgehead atoms. The molecule has 0 radical (unpaired) electrons. The van der Waals surface area contributed by atoms with Crippen LogP contribution < -0.4 is 10.4 Å². The van der Waals surface area contributed by atoms with Crippen molar-refractivity contribution in [3.05, 3.63) is 40.2 Å². The first kappa shape index (κ1) is 16.6. The Kier molecular flexibility index (Phi) is 4.60. The third-order valence-corrected chi connectivity index (χ3v) is 4.77. The van der Waals surface area contributed by atoms with Crippen molar-refractivity contribution in [2.24, 2.45) is 0 Å². The molecular weight excluding hydrogens is 306 g/mol. The second-order valence-corrected chi connectivity index (χ2v) is 6.63. The molecule has 1 aliphatic rings. The number of carbonyl (C=O) groups excluding carboxylic acids is 1. The Bertz CT molecular complexity index is 801. The lowest BCUT2D eigenvalue weighted by atomic mass is 9.97. The van der Waals surface area contributed by atoms with Crippen molar-refractivity contribution in [1.82, 2.24) is 4.90 Å². The normalized spacial score (nSPS) is 21.0. The van der Waals surface area contributed by atoms with E-state index in [1.807, 2.05) is 17.9 Å². The zero-order valence-corrected chi connectivity index (χ0v) is 14.4. The molecule has 0 unspecified atom stereocenters. The number of likely N-dealkylation sites (tertiary alicyclic amines) is 1. The Morgan fingerprint density at radius 3 is 2.67 bits per heavy atom. The van der Waals surface area contributed by atoms with Crippen molar-refractivity contribution in [3.8, 4) is 5.75 Å². The van der Waals surface area contributed by atoms with Gasteiger partial charge in [-0.25, -0.2) is 4.79 Å². The molecule has 1 aliphatic heterocycles. The highest BCUT2D eigenvalue weighted by molar-refractivity contribution is 5.82. The molecule has 5 heteroatoms. The number of aryl methyl sites for hydroxylation is 1. The first-order valence-electron chi connectivity index (χ1n) is 8.44. The van der Waals surface area contributed by atoms with E-state index in [9.17, 15) is 9.59 Å². The number of ether oxygens (including phenoxy) is 1. The highest BCUT2D eigenvalue weighted by Crippen LogP contribution is 2.24. The Morgan fingerprint density at radius 2 is 1.96 bits per heavy atom. The first-order chi connectivity index (χ1) is 11.5. The molecule has 3 rings (SSSR count). The van der Waals surface area contributed by atoms with Gasteiger partial charge in [0.2, 0.25) is 0 Å². The van der Waals surface area contributed by atoms with Crippen LogP contribution in [0.25, 0.3) is 11.0 Å². The van der Waals surface area contributed by atoms with E-state index in [-0.39, 0.29) is 30.2 Å². The Balaban J connectivity index is 1.73. The molecule has 1 fully saturated rings. The van der Waals surface area contributed by atoms with Gasteiger partial charge in [-0.1, -0.05) is 0 Å². The first-order valence-corrected chi connectivity index (χ1v) is 8.44. The largest absolute Gasteiger partial charge is 0.484 e. The summed E-state index contributed by atoms with van der Waals surface area (Å²) in [6, 6.07) is 7.28. The standard InChI is InChI=1S/C19H23NO4/c1-12-9-19(22)24-17-10-15(7-8-16(12)17)23-11-18(21)20-13(2)5-4-6-14(20)3/h7-10,13-14H,4-6,11H2,1-3H3/t13-,14-/m0/s1. The average Bonchev–Trinajstić information content (AvgIpc) is 2.52. The van der Waals surface area contributed by atoms with Gasteiger partial charge in [0.15, 0.2) is 6.61 Å². The van der Waals surface area contributed by atoms with E-state index in [0.717, 1.165) is 30.2 Å². The van der Waals surface area contributed by atoms with Crippen LogP contribution in [0.15, 0.2) is 33.5 Å². The van der Waals surface area contributed by atoms with E-state index >= 15 is 0 Å². The summed E-state index contributed by atoms with van der Waals surface area (Å²) in [5.74, 6) is 0.530. The quantitative estimate of drug-likeness (QED) is 0.811. The zero-order chi connectivity index (χ0) is 17.3. The predicted octanol–water partition coefficient (Wildman–Crippen LogP) is 3.27. The molecule has 128 valence electrons. The number of piperidine rings is 1. The minimum atomic E-state index is -0.385. The average molecular weight is 329 g/mol. The van der Waals surface area contributed by atoms with Gasteiger partial charge in [0, 0.05) is 29.6 Å². The molecule has 2 aromatic rings. The van der Waals surface area contributed by atoms with Crippen LogP contribution in [0.5, 0.6) is 5.75 Å². The van der Waals surface area contributed by atoms with E-state index in [1.54, 1.807) is 12.1 Å². The number of benzene rings is 1. The summed E-state index contributed by atoms with van der Waals surface area (Å²) in [6.07, 6.45) is 3.24. The van der Waals surface area contributed by atoms with Crippen LogP contribution in [0.4, 0.5) is 0 Å². The van der Waals surface area contributed by atoms with Gasteiger partial charge >= 0.3 is 5.63 Å². The Hall–Kier alpha value is -2.30. The van der Waals surface area contributed by atoms with Gasteiger partial charge in [-0.05, 0) is 57.7 Å². The topological polar surface area (TPSA) is 59.8 Å². The van der Waals surface area contributed by atoms with Crippen molar-refractivity contribution in [1.29, 1.82) is 0 Å².